The Morgan fingerprint density at radius 2 is 2.25 bits per heavy atom. The number of esters is 1. The van der Waals surface area contributed by atoms with Crippen LogP contribution in [0.5, 0.6) is 0 Å². The molecule has 2 rings (SSSR count). The van der Waals surface area contributed by atoms with Crippen molar-refractivity contribution in [2.45, 2.75) is 12.2 Å². The lowest BCUT2D eigenvalue weighted by Gasteiger charge is -2.14. The molecule has 0 radical (unpaired) electrons. The van der Waals surface area contributed by atoms with Crippen LogP contribution in [-0.4, -0.2) is 28.6 Å². The van der Waals surface area contributed by atoms with E-state index in [1.165, 1.54) is 6.07 Å². The van der Waals surface area contributed by atoms with Crippen LogP contribution in [0.4, 0.5) is 4.39 Å². The Hall–Kier alpha value is -1.66. The zero-order valence-corrected chi connectivity index (χ0v) is 11.7. The Bertz CT molecular complexity index is 620. The second-order valence-corrected chi connectivity index (χ2v) is 5.04. The number of carbonyl (C=O) groups is 1. The summed E-state index contributed by atoms with van der Waals surface area (Å²) in [5, 5.41) is 8.71. The highest BCUT2D eigenvalue weighted by molar-refractivity contribution is 8.00. The molecule has 1 aromatic carbocycles. The number of carbonyl (C=O) groups excluding carboxylic acids is 1. The van der Waals surface area contributed by atoms with Crippen LogP contribution in [0.1, 0.15) is 17.9 Å². The minimum absolute atomic E-state index is 0.0128. The van der Waals surface area contributed by atoms with Crippen LogP contribution in [0.3, 0.4) is 0 Å². The number of ether oxygens (including phenoxy) is 1. The Morgan fingerprint density at radius 3 is 2.95 bits per heavy atom. The van der Waals surface area contributed by atoms with Crippen molar-refractivity contribution in [3.8, 4) is 0 Å². The van der Waals surface area contributed by atoms with Crippen molar-refractivity contribution in [1.82, 2.24) is 4.98 Å². The number of halogens is 1. The lowest BCUT2D eigenvalue weighted by atomic mass is 10.1. The van der Waals surface area contributed by atoms with Gasteiger partial charge in [-0.2, -0.15) is 0 Å². The lowest BCUT2D eigenvalue weighted by molar-refractivity contribution is -0.142. The normalized spacial score (nSPS) is 12.3. The highest BCUT2D eigenvalue weighted by Crippen LogP contribution is 2.31. The number of aromatic nitrogens is 1. The highest BCUT2D eigenvalue weighted by atomic mass is 32.2. The van der Waals surface area contributed by atoms with Crippen molar-refractivity contribution in [3.05, 3.63) is 41.8 Å². The maximum atomic E-state index is 14.1. The van der Waals surface area contributed by atoms with Gasteiger partial charge in [-0.05, 0) is 19.1 Å². The molecule has 0 fully saturated rings. The van der Waals surface area contributed by atoms with Gasteiger partial charge in [-0.1, -0.05) is 18.2 Å². The molecule has 106 valence electrons. The van der Waals surface area contributed by atoms with E-state index in [0.29, 0.717) is 10.9 Å². The third-order valence-corrected chi connectivity index (χ3v) is 3.59. The van der Waals surface area contributed by atoms with Crippen molar-refractivity contribution >= 4 is 28.6 Å². The van der Waals surface area contributed by atoms with Gasteiger partial charge in [0, 0.05) is 5.39 Å². The molecule has 0 bridgehead atoms. The van der Waals surface area contributed by atoms with Crippen LogP contribution in [0.2, 0.25) is 0 Å². The Morgan fingerprint density at radius 1 is 1.50 bits per heavy atom. The fraction of sp³-hybridized carbons (Fsp3) is 0.286. The van der Waals surface area contributed by atoms with Crippen molar-refractivity contribution in [2.24, 2.45) is 0 Å². The summed E-state index contributed by atoms with van der Waals surface area (Å²) in [7, 11) is 0. The molecule has 0 saturated carbocycles. The van der Waals surface area contributed by atoms with E-state index in [1.54, 1.807) is 31.2 Å². The molecule has 20 heavy (non-hydrogen) atoms. The van der Waals surface area contributed by atoms with Gasteiger partial charge in [0.15, 0.2) is 0 Å². The van der Waals surface area contributed by atoms with Crippen molar-refractivity contribution in [2.75, 3.05) is 12.5 Å². The van der Waals surface area contributed by atoms with Crippen LogP contribution in [0.15, 0.2) is 30.3 Å². The molecule has 1 unspecified atom stereocenters. The van der Waals surface area contributed by atoms with Gasteiger partial charge >= 0.3 is 5.97 Å². The molecule has 4 nitrogen and oxygen atoms in total. The van der Waals surface area contributed by atoms with Crippen molar-refractivity contribution < 1.29 is 19.0 Å². The van der Waals surface area contributed by atoms with Gasteiger partial charge in [-0.3, -0.25) is 4.79 Å². The van der Waals surface area contributed by atoms with Crippen LogP contribution < -0.4 is 0 Å². The van der Waals surface area contributed by atoms with Gasteiger partial charge in [0.1, 0.15) is 16.8 Å². The largest absolute Gasteiger partial charge is 0.465 e. The maximum absolute atomic E-state index is 14.1. The predicted molar refractivity (Wildman–Crippen MR) is 75.8 cm³/mol. The second-order valence-electron chi connectivity index (χ2n) is 3.98. The molecule has 2 aromatic rings. The third kappa shape index (κ3) is 3.08. The number of aliphatic hydroxyl groups excluding tert-OH is 1. The van der Waals surface area contributed by atoms with Gasteiger partial charge in [-0.15, -0.1) is 11.8 Å². The van der Waals surface area contributed by atoms with E-state index in [9.17, 15) is 9.18 Å². The fourth-order valence-corrected chi connectivity index (χ4v) is 2.52. The Balaban J connectivity index is 2.46. The van der Waals surface area contributed by atoms with Gasteiger partial charge < -0.3 is 9.84 Å². The average Bonchev–Trinajstić information content (AvgIpc) is 2.44. The lowest BCUT2D eigenvalue weighted by Crippen LogP contribution is -2.16. The number of hydrogen-bond acceptors (Lipinski definition) is 5. The van der Waals surface area contributed by atoms with Crippen LogP contribution in [-0.2, 0) is 9.53 Å². The van der Waals surface area contributed by atoms with Crippen LogP contribution >= 0.6 is 11.8 Å². The number of hydrogen-bond donors (Lipinski definition) is 1. The van der Waals surface area contributed by atoms with Gasteiger partial charge in [0.2, 0.25) is 0 Å². The SMILES string of the molecule is CCOC(=O)C(SCO)c1nc2ccccc2cc1F. The van der Waals surface area contributed by atoms with Gasteiger partial charge in [0.25, 0.3) is 0 Å². The minimum Gasteiger partial charge on any atom is -0.465 e. The van der Waals surface area contributed by atoms with E-state index in [4.69, 9.17) is 9.84 Å². The summed E-state index contributed by atoms with van der Waals surface area (Å²) >= 11 is 0.879. The number of benzene rings is 1. The number of rotatable bonds is 5. The minimum atomic E-state index is -0.968. The molecule has 0 aliphatic heterocycles. The summed E-state index contributed by atoms with van der Waals surface area (Å²) in [4.78, 5) is 16.1. The molecule has 0 spiro atoms. The molecule has 6 heteroatoms. The smallest absolute Gasteiger partial charge is 0.325 e. The van der Waals surface area contributed by atoms with E-state index in [0.717, 1.165) is 11.8 Å². The summed E-state index contributed by atoms with van der Waals surface area (Å²) in [6, 6.07) is 8.39. The highest BCUT2D eigenvalue weighted by Gasteiger charge is 2.27. The van der Waals surface area contributed by atoms with Crippen LogP contribution in [0, 0.1) is 5.82 Å². The van der Waals surface area contributed by atoms with E-state index >= 15 is 0 Å². The quantitative estimate of drug-likeness (QED) is 0.679. The molecule has 1 aromatic heterocycles. The molecule has 1 N–H and O–H groups in total. The first-order chi connectivity index (χ1) is 9.67. The summed E-state index contributed by atoms with van der Waals surface area (Å²) in [6.07, 6.45) is 0. The first-order valence-electron chi connectivity index (χ1n) is 6.11. The van der Waals surface area contributed by atoms with E-state index in [2.05, 4.69) is 4.98 Å². The maximum Gasteiger partial charge on any atom is 0.325 e. The number of fused-ring (bicyclic) bond motifs is 1. The number of nitrogens with zero attached hydrogens (tertiary/aromatic N) is 1. The molecule has 0 aliphatic rings. The van der Waals surface area contributed by atoms with Crippen molar-refractivity contribution in [1.29, 1.82) is 0 Å². The molecular weight excluding hydrogens is 281 g/mol. The van der Waals surface area contributed by atoms with Crippen LogP contribution in [0.25, 0.3) is 10.9 Å². The molecule has 0 saturated heterocycles. The monoisotopic (exact) mass is 295 g/mol. The Kier molecular flexibility index (Phi) is 4.92. The summed E-state index contributed by atoms with van der Waals surface area (Å²) in [5.41, 5.74) is 0.581. The molecule has 1 atom stereocenters. The number of aliphatic hydroxyl groups is 1. The first-order valence-corrected chi connectivity index (χ1v) is 7.16. The van der Waals surface area contributed by atoms with E-state index in [1.807, 2.05) is 0 Å². The standard InChI is InChI=1S/C14H14FNO3S/c1-2-19-14(18)13(20-8-17)12-10(15)7-9-5-3-4-6-11(9)16-12/h3-7,13,17H,2,8H2,1H3. The third-order valence-electron chi connectivity index (χ3n) is 2.69. The fourth-order valence-electron chi connectivity index (χ4n) is 1.84. The van der Waals surface area contributed by atoms with Crippen molar-refractivity contribution in [3.63, 3.8) is 0 Å². The predicted octanol–water partition coefficient (Wildman–Crippen LogP) is 2.66. The zero-order valence-electron chi connectivity index (χ0n) is 10.9. The molecule has 0 aliphatic carbocycles. The van der Waals surface area contributed by atoms with E-state index < -0.39 is 17.0 Å². The zero-order chi connectivity index (χ0) is 14.5. The second kappa shape index (κ2) is 6.67. The topological polar surface area (TPSA) is 59.4 Å². The van der Waals surface area contributed by atoms with Gasteiger partial charge in [0.05, 0.1) is 18.1 Å². The van der Waals surface area contributed by atoms with Gasteiger partial charge in [-0.25, -0.2) is 9.37 Å². The number of para-hydroxylation sites is 1. The summed E-state index contributed by atoms with van der Waals surface area (Å²) < 4.78 is 19.0. The van der Waals surface area contributed by atoms with E-state index in [-0.39, 0.29) is 18.2 Å². The first kappa shape index (κ1) is 14.7. The Labute approximate surface area is 120 Å². The summed E-state index contributed by atoms with van der Waals surface area (Å²) in [6.45, 7) is 1.86. The molecular formula is C14H14FNO3S. The number of thioether (sulfide) groups is 1. The summed E-state index contributed by atoms with van der Waals surface area (Å²) in [5.74, 6) is -1.51. The molecule has 1 heterocycles. The average molecular weight is 295 g/mol. The number of pyridine rings is 1. The molecule has 0 amide bonds.